The van der Waals surface area contributed by atoms with Crippen LogP contribution in [-0.2, 0) is 6.54 Å². The van der Waals surface area contributed by atoms with Crippen LogP contribution >= 0.6 is 15.9 Å². The number of hydrogen-bond acceptors (Lipinski definition) is 2. The molecule has 0 radical (unpaired) electrons. The monoisotopic (exact) mass is 293 g/mol. The highest BCUT2D eigenvalue weighted by molar-refractivity contribution is 9.10. The Morgan fingerprint density at radius 1 is 1.29 bits per heavy atom. The summed E-state index contributed by atoms with van der Waals surface area (Å²) in [4.78, 5) is 0. The van der Waals surface area contributed by atoms with Gasteiger partial charge < -0.3 is 5.73 Å². The number of nitrogens with zero attached hydrogens (tertiary/aromatic N) is 2. The first kappa shape index (κ1) is 12.2. The fourth-order valence-corrected chi connectivity index (χ4v) is 2.11. The summed E-state index contributed by atoms with van der Waals surface area (Å²) in [6, 6.07) is 6.43. The van der Waals surface area contributed by atoms with Crippen LogP contribution in [0.25, 0.3) is 0 Å². The Kier molecular flexibility index (Phi) is 3.24. The Labute approximate surface area is 110 Å². The molecule has 90 valence electrons. The van der Waals surface area contributed by atoms with Crippen molar-refractivity contribution in [2.24, 2.45) is 0 Å². The highest BCUT2D eigenvalue weighted by Gasteiger charge is 2.10. The van der Waals surface area contributed by atoms with Crippen molar-refractivity contribution in [3.63, 3.8) is 0 Å². The van der Waals surface area contributed by atoms with Crippen LogP contribution in [0.1, 0.15) is 22.4 Å². The molecule has 17 heavy (non-hydrogen) atoms. The molecule has 0 aliphatic carbocycles. The lowest BCUT2D eigenvalue weighted by Gasteiger charge is -2.08. The lowest BCUT2D eigenvalue weighted by molar-refractivity contribution is 0.686. The molecule has 0 saturated heterocycles. The molecule has 0 unspecified atom stereocenters. The van der Waals surface area contributed by atoms with E-state index in [0.29, 0.717) is 12.4 Å². The number of hydrogen-bond donors (Lipinski definition) is 1. The maximum atomic E-state index is 5.99. The highest BCUT2D eigenvalue weighted by Crippen LogP contribution is 2.24. The van der Waals surface area contributed by atoms with Gasteiger partial charge in [-0.25, -0.2) is 4.68 Å². The number of benzene rings is 1. The molecule has 0 fully saturated rings. The summed E-state index contributed by atoms with van der Waals surface area (Å²) in [5, 5.41) is 4.42. The summed E-state index contributed by atoms with van der Waals surface area (Å²) in [6.45, 7) is 6.86. The number of aryl methyl sites for hydroxylation is 3. The molecule has 2 aromatic rings. The van der Waals surface area contributed by atoms with Crippen LogP contribution in [0.4, 0.5) is 5.82 Å². The van der Waals surface area contributed by atoms with Crippen molar-refractivity contribution in [3.8, 4) is 0 Å². The summed E-state index contributed by atoms with van der Waals surface area (Å²) in [5.74, 6) is 0.684. The predicted molar refractivity (Wildman–Crippen MR) is 74.1 cm³/mol. The third-order valence-corrected chi connectivity index (χ3v) is 3.90. The van der Waals surface area contributed by atoms with Gasteiger partial charge in [-0.15, -0.1) is 0 Å². The van der Waals surface area contributed by atoms with Gasteiger partial charge in [0, 0.05) is 0 Å². The van der Waals surface area contributed by atoms with Gasteiger partial charge in [-0.1, -0.05) is 23.8 Å². The van der Waals surface area contributed by atoms with Crippen LogP contribution in [0.2, 0.25) is 0 Å². The van der Waals surface area contributed by atoms with E-state index < -0.39 is 0 Å². The van der Waals surface area contributed by atoms with Gasteiger partial charge >= 0.3 is 0 Å². The van der Waals surface area contributed by atoms with Gasteiger partial charge in [0.2, 0.25) is 0 Å². The lowest BCUT2D eigenvalue weighted by Crippen LogP contribution is -2.07. The fourth-order valence-electron chi connectivity index (χ4n) is 1.83. The zero-order valence-corrected chi connectivity index (χ0v) is 11.9. The van der Waals surface area contributed by atoms with E-state index in [-0.39, 0.29) is 0 Å². The quantitative estimate of drug-likeness (QED) is 0.924. The number of rotatable bonds is 2. The summed E-state index contributed by atoms with van der Waals surface area (Å²) in [7, 11) is 0. The molecule has 0 aliphatic rings. The van der Waals surface area contributed by atoms with Crippen molar-refractivity contribution in [2.45, 2.75) is 27.3 Å². The first-order valence-electron chi connectivity index (χ1n) is 5.53. The van der Waals surface area contributed by atoms with Crippen LogP contribution < -0.4 is 5.73 Å². The second-order valence-electron chi connectivity index (χ2n) is 4.37. The maximum Gasteiger partial charge on any atom is 0.136 e. The average molecular weight is 294 g/mol. The molecular weight excluding hydrogens is 278 g/mol. The van der Waals surface area contributed by atoms with Crippen LogP contribution in [0.15, 0.2) is 22.7 Å². The van der Waals surface area contributed by atoms with Gasteiger partial charge in [0.1, 0.15) is 5.82 Å². The molecule has 2 rings (SSSR count). The van der Waals surface area contributed by atoms with Crippen molar-refractivity contribution < 1.29 is 0 Å². The van der Waals surface area contributed by atoms with Gasteiger partial charge in [-0.05, 0) is 47.8 Å². The number of halogens is 1. The minimum absolute atomic E-state index is 0.684. The van der Waals surface area contributed by atoms with Gasteiger partial charge in [0.25, 0.3) is 0 Å². The van der Waals surface area contributed by atoms with Gasteiger partial charge in [0.15, 0.2) is 0 Å². The predicted octanol–water partition coefficient (Wildman–Crippen LogP) is 3.20. The second kappa shape index (κ2) is 4.53. The Morgan fingerprint density at radius 3 is 2.59 bits per heavy atom. The van der Waals surface area contributed by atoms with Crippen LogP contribution in [0.5, 0.6) is 0 Å². The summed E-state index contributed by atoms with van der Waals surface area (Å²) < 4.78 is 2.73. The Bertz CT molecular complexity index is 558. The van der Waals surface area contributed by atoms with Crippen molar-refractivity contribution in [1.82, 2.24) is 9.78 Å². The molecule has 0 spiro atoms. The molecule has 0 saturated carbocycles. The minimum Gasteiger partial charge on any atom is -0.383 e. The molecule has 0 amide bonds. The third kappa shape index (κ3) is 2.36. The van der Waals surface area contributed by atoms with Gasteiger partial charge in [-0.3, -0.25) is 0 Å². The van der Waals surface area contributed by atoms with Gasteiger partial charge in [0.05, 0.1) is 16.7 Å². The minimum atomic E-state index is 0.684. The smallest absolute Gasteiger partial charge is 0.136 e. The molecule has 1 heterocycles. The Balaban J connectivity index is 2.37. The molecule has 3 nitrogen and oxygen atoms in total. The maximum absolute atomic E-state index is 5.99. The van der Waals surface area contributed by atoms with E-state index in [1.54, 1.807) is 0 Å². The van der Waals surface area contributed by atoms with Gasteiger partial charge in [-0.2, -0.15) is 5.10 Å². The zero-order valence-electron chi connectivity index (χ0n) is 10.3. The summed E-state index contributed by atoms with van der Waals surface area (Å²) >= 11 is 3.44. The van der Waals surface area contributed by atoms with E-state index in [1.807, 2.05) is 11.6 Å². The van der Waals surface area contributed by atoms with E-state index in [9.17, 15) is 0 Å². The molecular formula is C13H16BrN3. The normalized spacial score (nSPS) is 10.8. The topological polar surface area (TPSA) is 43.8 Å². The summed E-state index contributed by atoms with van der Waals surface area (Å²) in [6.07, 6.45) is 0. The Hall–Kier alpha value is -1.29. The number of aromatic nitrogens is 2. The number of nitrogen functional groups attached to an aromatic ring is 1. The molecule has 4 heteroatoms. The lowest BCUT2D eigenvalue weighted by atomic mass is 10.1. The highest BCUT2D eigenvalue weighted by atomic mass is 79.9. The van der Waals surface area contributed by atoms with Crippen molar-refractivity contribution in [1.29, 1.82) is 0 Å². The standard InChI is InChI=1S/C13H16BrN3/c1-8-4-5-9(2)11(6-8)7-17-13(15)12(14)10(3)16-17/h4-6H,7,15H2,1-3H3. The first-order chi connectivity index (χ1) is 7.99. The molecule has 2 N–H and O–H groups in total. The largest absolute Gasteiger partial charge is 0.383 e. The second-order valence-corrected chi connectivity index (χ2v) is 5.17. The van der Waals surface area contributed by atoms with Crippen LogP contribution in [0, 0.1) is 20.8 Å². The number of anilines is 1. The van der Waals surface area contributed by atoms with E-state index in [0.717, 1.165) is 10.2 Å². The Morgan fingerprint density at radius 2 is 2.00 bits per heavy atom. The third-order valence-electron chi connectivity index (χ3n) is 2.92. The molecule has 1 aromatic carbocycles. The molecule has 0 aliphatic heterocycles. The van der Waals surface area contributed by atoms with Crippen LogP contribution in [0.3, 0.4) is 0 Å². The SMILES string of the molecule is Cc1ccc(C)c(Cn2nc(C)c(Br)c2N)c1. The van der Waals surface area contributed by atoms with Crippen molar-refractivity contribution >= 4 is 21.7 Å². The summed E-state index contributed by atoms with van der Waals surface area (Å²) in [5.41, 5.74) is 10.7. The molecule has 1 aromatic heterocycles. The van der Waals surface area contributed by atoms with Crippen LogP contribution in [-0.4, -0.2) is 9.78 Å². The van der Waals surface area contributed by atoms with E-state index in [1.165, 1.54) is 16.7 Å². The fraction of sp³-hybridized carbons (Fsp3) is 0.308. The van der Waals surface area contributed by atoms with E-state index in [4.69, 9.17) is 5.73 Å². The van der Waals surface area contributed by atoms with E-state index in [2.05, 4.69) is 53.1 Å². The van der Waals surface area contributed by atoms with E-state index >= 15 is 0 Å². The number of nitrogens with two attached hydrogens (primary N) is 1. The average Bonchev–Trinajstić information content (AvgIpc) is 2.52. The van der Waals surface area contributed by atoms with Crippen molar-refractivity contribution in [3.05, 3.63) is 45.1 Å². The first-order valence-corrected chi connectivity index (χ1v) is 6.33. The molecule has 0 atom stereocenters. The molecule has 0 bridgehead atoms. The van der Waals surface area contributed by atoms with Crippen molar-refractivity contribution in [2.75, 3.05) is 5.73 Å². The zero-order chi connectivity index (χ0) is 12.6.